The topological polar surface area (TPSA) is 52.7 Å². The van der Waals surface area contributed by atoms with Gasteiger partial charge >= 0.3 is 0 Å². The van der Waals surface area contributed by atoms with Crippen LogP contribution in [0.1, 0.15) is 9.67 Å². The Balaban J connectivity index is 1.93. The first-order valence-corrected chi connectivity index (χ1v) is 7.74. The summed E-state index contributed by atoms with van der Waals surface area (Å²) in [5.41, 5.74) is 0. The van der Waals surface area contributed by atoms with Gasteiger partial charge in [-0.25, -0.2) is 0 Å². The van der Waals surface area contributed by atoms with E-state index in [1.54, 1.807) is 11.9 Å². The fraction of sp³-hybridized carbons (Fsp3) is 0.500. The number of nitrogens with zero attached hydrogens (tertiary/aromatic N) is 2. The number of halogens is 1. The maximum Gasteiger partial charge on any atom is 0.265 e. The summed E-state index contributed by atoms with van der Waals surface area (Å²) < 4.78 is 0.781. The van der Waals surface area contributed by atoms with Crippen molar-refractivity contribution in [2.24, 2.45) is 0 Å². The minimum absolute atomic E-state index is 0.00466. The van der Waals surface area contributed by atoms with E-state index in [2.05, 4.69) is 21.2 Å². The third-order valence-corrected chi connectivity index (χ3v) is 4.83. The number of likely N-dealkylation sites (N-methyl/N-ethyl adjacent to an activating group) is 1. The summed E-state index contributed by atoms with van der Waals surface area (Å²) in [7, 11) is 1.66. The van der Waals surface area contributed by atoms with Gasteiger partial charge in [-0.3, -0.25) is 9.59 Å². The highest BCUT2D eigenvalue weighted by molar-refractivity contribution is 9.10. The van der Waals surface area contributed by atoms with Gasteiger partial charge in [0.15, 0.2) is 0 Å². The summed E-state index contributed by atoms with van der Waals surface area (Å²) in [4.78, 5) is 28.1. The van der Waals surface area contributed by atoms with Crippen molar-refractivity contribution in [2.75, 3.05) is 39.8 Å². The first-order chi connectivity index (χ1) is 9.09. The molecule has 1 aliphatic rings. The number of amides is 2. The zero-order valence-electron chi connectivity index (χ0n) is 10.7. The van der Waals surface area contributed by atoms with Crippen LogP contribution < -0.4 is 5.32 Å². The molecule has 104 valence electrons. The molecule has 1 saturated heterocycles. The van der Waals surface area contributed by atoms with E-state index in [-0.39, 0.29) is 18.4 Å². The lowest BCUT2D eigenvalue weighted by molar-refractivity contribution is -0.132. The molecule has 19 heavy (non-hydrogen) atoms. The highest BCUT2D eigenvalue weighted by atomic mass is 79.9. The summed E-state index contributed by atoms with van der Waals surface area (Å²) in [6.45, 7) is 3.19. The van der Waals surface area contributed by atoms with E-state index in [9.17, 15) is 9.59 Å². The van der Waals surface area contributed by atoms with E-state index in [4.69, 9.17) is 0 Å². The molecule has 1 N–H and O–H groups in total. The molecular formula is C12H16BrN3O2S. The summed E-state index contributed by atoms with van der Waals surface area (Å²) in [5, 5.41) is 5.05. The molecule has 0 radical (unpaired) electrons. The number of hydrogen-bond acceptors (Lipinski definition) is 4. The second-order valence-corrected chi connectivity index (χ2v) is 6.16. The standard InChI is InChI=1S/C12H16BrN3O2S/c1-15(12(18)11-9(13)2-7-19-11)8-10(17)16-5-3-14-4-6-16/h2,7,14H,3-6,8H2,1H3. The van der Waals surface area contributed by atoms with Crippen molar-refractivity contribution >= 4 is 39.1 Å². The molecule has 2 rings (SSSR count). The van der Waals surface area contributed by atoms with Crippen LogP contribution in [-0.2, 0) is 4.79 Å². The van der Waals surface area contributed by atoms with Crippen molar-refractivity contribution in [1.29, 1.82) is 0 Å². The third-order valence-electron chi connectivity index (χ3n) is 3.00. The van der Waals surface area contributed by atoms with Crippen LogP contribution in [0.2, 0.25) is 0 Å². The Morgan fingerprint density at radius 3 is 2.74 bits per heavy atom. The summed E-state index contributed by atoms with van der Waals surface area (Å²) in [6.07, 6.45) is 0. The van der Waals surface area contributed by atoms with E-state index < -0.39 is 0 Å². The summed E-state index contributed by atoms with van der Waals surface area (Å²) in [6, 6.07) is 1.84. The van der Waals surface area contributed by atoms with Gasteiger partial charge in [0.1, 0.15) is 4.88 Å². The van der Waals surface area contributed by atoms with Crippen LogP contribution in [0.3, 0.4) is 0 Å². The largest absolute Gasteiger partial charge is 0.339 e. The molecule has 0 spiro atoms. The van der Waals surface area contributed by atoms with Crippen molar-refractivity contribution in [1.82, 2.24) is 15.1 Å². The van der Waals surface area contributed by atoms with Gasteiger partial charge in [-0.1, -0.05) is 0 Å². The molecular weight excluding hydrogens is 330 g/mol. The van der Waals surface area contributed by atoms with Crippen molar-refractivity contribution < 1.29 is 9.59 Å². The number of carbonyl (C=O) groups is 2. The molecule has 0 saturated carbocycles. The zero-order chi connectivity index (χ0) is 13.8. The predicted octanol–water partition coefficient (Wildman–Crippen LogP) is 1.01. The molecule has 0 bridgehead atoms. The first-order valence-electron chi connectivity index (χ1n) is 6.06. The van der Waals surface area contributed by atoms with Crippen LogP contribution in [0.4, 0.5) is 0 Å². The molecule has 1 aromatic heterocycles. The second-order valence-electron chi connectivity index (χ2n) is 4.39. The molecule has 0 unspecified atom stereocenters. The van der Waals surface area contributed by atoms with E-state index in [0.29, 0.717) is 18.0 Å². The van der Waals surface area contributed by atoms with E-state index >= 15 is 0 Å². The predicted molar refractivity (Wildman–Crippen MR) is 78.4 cm³/mol. The fourth-order valence-corrected chi connectivity index (χ4v) is 3.44. The van der Waals surface area contributed by atoms with Gasteiger partial charge in [0.2, 0.25) is 5.91 Å². The Kier molecular flexibility index (Phi) is 4.95. The van der Waals surface area contributed by atoms with Gasteiger partial charge in [0, 0.05) is 37.7 Å². The van der Waals surface area contributed by atoms with Crippen LogP contribution in [0.15, 0.2) is 15.9 Å². The number of thiophene rings is 1. The minimum Gasteiger partial charge on any atom is -0.339 e. The maximum atomic E-state index is 12.2. The number of hydrogen-bond donors (Lipinski definition) is 1. The summed E-state index contributed by atoms with van der Waals surface area (Å²) in [5.74, 6) is -0.115. The Morgan fingerprint density at radius 1 is 1.47 bits per heavy atom. The molecule has 1 aliphatic heterocycles. The Morgan fingerprint density at radius 2 is 2.16 bits per heavy atom. The van der Waals surface area contributed by atoms with Crippen molar-refractivity contribution in [3.8, 4) is 0 Å². The Hall–Kier alpha value is -0.920. The molecule has 0 aromatic carbocycles. The molecule has 1 fully saturated rings. The van der Waals surface area contributed by atoms with Crippen LogP contribution in [0.25, 0.3) is 0 Å². The number of piperazine rings is 1. The molecule has 0 atom stereocenters. The van der Waals surface area contributed by atoms with Gasteiger partial charge in [0.25, 0.3) is 5.91 Å². The van der Waals surface area contributed by atoms with E-state index in [0.717, 1.165) is 17.6 Å². The lowest BCUT2D eigenvalue weighted by Gasteiger charge is -2.29. The number of nitrogens with one attached hydrogen (secondary N) is 1. The lowest BCUT2D eigenvalue weighted by Crippen LogP contribution is -2.49. The van der Waals surface area contributed by atoms with Gasteiger partial charge in [0.05, 0.1) is 6.54 Å². The molecule has 7 heteroatoms. The average molecular weight is 346 g/mol. The van der Waals surface area contributed by atoms with Gasteiger partial charge in [-0.2, -0.15) is 0 Å². The normalized spacial score (nSPS) is 15.4. The fourth-order valence-electron chi connectivity index (χ4n) is 1.91. The lowest BCUT2D eigenvalue weighted by atomic mass is 10.3. The Labute approximate surface area is 124 Å². The van der Waals surface area contributed by atoms with Crippen LogP contribution >= 0.6 is 27.3 Å². The van der Waals surface area contributed by atoms with Crippen molar-refractivity contribution in [2.45, 2.75) is 0 Å². The second kappa shape index (κ2) is 6.49. The monoisotopic (exact) mass is 345 g/mol. The van der Waals surface area contributed by atoms with Gasteiger partial charge in [-0.15, -0.1) is 11.3 Å². The highest BCUT2D eigenvalue weighted by Gasteiger charge is 2.22. The van der Waals surface area contributed by atoms with Crippen LogP contribution in [0, 0.1) is 0 Å². The quantitative estimate of drug-likeness (QED) is 0.889. The molecule has 1 aromatic rings. The molecule has 0 aliphatic carbocycles. The highest BCUT2D eigenvalue weighted by Crippen LogP contribution is 2.23. The number of rotatable bonds is 3. The number of carbonyl (C=O) groups excluding carboxylic acids is 2. The van der Waals surface area contributed by atoms with Crippen molar-refractivity contribution in [3.05, 3.63) is 20.8 Å². The molecule has 5 nitrogen and oxygen atoms in total. The molecule has 2 heterocycles. The third kappa shape index (κ3) is 3.55. The first kappa shape index (κ1) is 14.5. The van der Waals surface area contributed by atoms with E-state index in [1.807, 2.05) is 11.4 Å². The maximum absolute atomic E-state index is 12.2. The van der Waals surface area contributed by atoms with E-state index in [1.165, 1.54) is 16.2 Å². The van der Waals surface area contributed by atoms with Gasteiger partial charge in [-0.05, 0) is 27.4 Å². The summed E-state index contributed by atoms with van der Waals surface area (Å²) >= 11 is 4.71. The van der Waals surface area contributed by atoms with Gasteiger partial charge < -0.3 is 15.1 Å². The van der Waals surface area contributed by atoms with Crippen LogP contribution in [0.5, 0.6) is 0 Å². The minimum atomic E-state index is -0.120. The SMILES string of the molecule is CN(CC(=O)N1CCNCC1)C(=O)c1sccc1Br. The average Bonchev–Trinajstić information content (AvgIpc) is 2.85. The van der Waals surface area contributed by atoms with Crippen LogP contribution in [-0.4, -0.2) is 61.4 Å². The smallest absolute Gasteiger partial charge is 0.265 e. The molecule has 2 amide bonds. The Bertz CT molecular complexity index is 471. The zero-order valence-corrected chi connectivity index (χ0v) is 13.1. The van der Waals surface area contributed by atoms with Crippen molar-refractivity contribution in [3.63, 3.8) is 0 Å².